The summed E-state index contributed by atoms with van der Waals surface area (Å²) in [5.74, 6) is 0.171. The van der Waals surface area contributed by atoms with Crippen molar-refractivity contribution in [2.75, 3.05) is 27.4 Å². The van der Waals surface area contributed by atoms with E-state index >= 15 is 0 Å². The van der Waals surface area contributed by atoms with Gasteiger partial charge in [0, 0.05) is 13.0 Å². The molecular formula is C21H22N2O4. The summed E-state index contributed by atoms with van der Waals surface area (Å²) >= 11 is 0. The lowest BCUT2D eigenvalue weighted by Crippen LogP contribution is -2.66. The number of ether oxygens (including phenoxy) is 2. The molecule has 27 heavy (non-hydrogen) atoms. The maximum Gasteiger partial charge on any atom is 0.249 e. The van der Waals surface area contributed by atoms with Crippen LogP contribution < -0.4 is 4.74 Å². The highest BCUT2D eigenvalue weighted by molar-refractivity contribution is 5.81. The van der Waals surface area contributed by atoms with Gasteiger partial charge in [0.25, 0.3) is 0 Å². The standard InChI is InChI=1S/C21H22N2O4/c1-26-13-20(25)23-18(11-22)21(19(23)12-24)17-9-4-3-8-16(17)14-6-5-7-15(10-14)27-2/h3-10,18-19,21,24H,12-13H2,1-2H3/t18-,19-,21+/m1/s1. The molecule has 1 fully saturated rings. The van der Waals surface area contributed by atoms with E-state index in [1.165, 1.54) is 12.0 Å². The van der Waals surface area contributed by atoms with Crippen molar-refractivity contribution in [1.82, 2.24) is 4.90 Å². The number of methoxy groups -OCH3 is 2. The van der Waals surface area contributed by atoms with Gasteiger partial charge in [-0.05, 0) is 28.8 Å². The number of amides is 1. The molecule has 0 spiro atoms. The van der Waals surface area contributed by atoms with Crippen LogP contribution in [0.2, 0.25) is 0 Å². The van der Waals surface area contributed by atoms with Gasteiger partial charge in [0.05, 0.1) is 25.8 Å². The molecule has 0 aliphatic carbocycles. The minimum atomic E-state index is -0.642. The first-order valence-corrected chi connectivity index (χ1v) is 8.70. The number of benzene rings is 2. The number of carbonyl (C=O) groups is 1. The van der Waals surface area contributed by atoms with Crippen LogP contribution in [0.25, 0.3) is 11.1 Å². The smallest absolute Gasteiger partial charge is 0.249 e. The molecule has 2 aromatic carbocycles. The van der Waals surface area contributed by atoms with Crippen LogP contribution in [0.1, 0.15) is 11.5 Å². The Labute approximate surface area is 158 Å². The highest BCUT2D eigenvalue weighted by atomic mass is 16.5. The van der Waals surface area contributed by atoms with Crippen molar-refractivity contribution in [3.63, 3.8) is 0 Å². The third-order valence-electron chi connectivity index (χ3n) is 4.99. The lowest BCUT2D eigenvalue weighted by Gasteiger charge is -2.52. The molecule has 6 nitrogen and oxygen atoms in total. The average Bonchev–Trinajstić information content (AvgIpc) is 2.68. The fraction of sp³-hybridized carbons (Fsp3) is 0.333. The lowest BCUT2D eigenvalue weighted by molar-refractivity contribution is -0.150. The Bertz CT molecular complexity index is 861. The maximum absolute atomic E-state index is 12.3. The largest absolute Gasteiger partial charge is 0.497 e. The zero-order chi connectivity index (χ0) is 19.4. The number of hydrogen-bond donors (Lipinski definition) is 1. The quantitative estimate of drug-likeness (QED) is 0.847. The normalized spacial score (nSPS) is 21.3. The molecule has 140 valence electrons. The van der Waals surface area contributed by atoms with E-state index in [9.17, 15) is 15.2 Å². The topological polar surface area (TPSA) is 82.8 Å². The van der Waals surface area contributed by atoms with Gasteiger partial charge < -0.3 is 19.5 Å². The Kier molecular flexibility index (Phi) is 5.75. The van der Waals surface area contributed by atoms with Crippen molar-refractivity contribution < 1.29 is 19.4 Å². The molecule has 1 N–H and O–H groups in total. The highest BCUT2D eigenvalue weighted by Gasteiger charge is 2.52. The first kappa shape index (κ1) is 18.9. The van der Waals surface area contributed by atoms with Crippen molar-refractivity contribution in [2.24, 2.45) is 0 Å². The van der Waals surface area contributed by atoms with Gasteiger partial charge in [-0.2, -0.15) is 5.26 Å². The zero-order valence-corrected chi connectivity index (χ0v) is 15.3. The van der Waals surface area contributed by atoms with Gasteiger partial charge in [0.1, 0.15) is 18.4 Å². The van der Waals surface area contributed by atoms with Gasteiger partial charge in [-0.15, -0.1) is 0 Å². The predicted octanol–water partition coefficient (Wildman–Crippen LogP) is 2.19. The molecule has 3 atom stereocenters. The van der Waals surface area contributed by atoms with Crippen LogP contribution in [0, 0.1) is 11.3 Å². The molecule has 3 rings (SSSR count). The molecule has 1 amide bonds. The monoisotopic (exact) mass is 366 g/mol. The zero-order valence-electron chi connectivity index (χ0n) is 15.3. The Morgan fingerprint density at radius 2 is 2.00 bits per heavy atom. The molecule has 0 aromatic heterocycles. The maximum atomic E-state index is 12.3. The fourth-order valence-corrected chi connectivity index (χ4v) is 3.76. The lowest BCUT2D eigenvalue weighted by atomic mass is 9.73. The summed E-state index contributed by atoms with van der Waals surface area (Å²) in [5, 5.41) is 19.6. The Hall–Kier alpha value is -2.88. The summed E-state index contributed by atoms with van der Waals surface area (Å²) < 4.78 is 10.2. The summed E-state index contributed by atoms with van der Waals surface area (Å²) in [6, 6.07) is 16.6. The van der Waals surface area contributed by atoms with Gasteiger partial charge in [-0.3, -0.25) is 4.79 Å². The summed E-state index contributed by atoms with van der Waals surface area (Å²) in [5.41, 5.74) is 2.84. The molecule has 1 aliphatic heterocycles. The van der Waals surface area contributed by atoms with Crippen molar-refractivity contribution in [3.8, 4) is 22.9 Å². The number of likely N-dealkylation sites (tertiary alicyclic amines) is 1. The van der Waals surface area contributed by atoms with Gasteiger partial charge >= 0.3 is 0 Å². The van der Waals surface area contributed by atoms with E-state index < -0.39 is 12.1 Å². The number of rotatable bonds is 6. The molecule has 2 aromatic rings. The van der Waals surface area contributed by atoms with Crippen molar-refractivity contribution in [1.29, 1.82) is 5.26 Å². The summed E-state index contributed by atoms with van der Waals surface area (Å²) in [6.45, 7) is -0.330. The van der Waals surface area contributed by atoms with Gasteiger partial charge in [-0.25, -0.2) is 0 Å². The van der Waals surface area contributed by atoms with Crippen LogP contribution in [0.5, 0.6) is 5.75 Å². The van der Waals surface area contributed by atoms with Crippen LogP contribution >= 0.6 is 0 Å². The van der Waals surface area contributed by atoms with E-state index in [2.05, 4.69) is 6.07 Å². The fourth-order valence-electron chi connectivity index (χ4n) is 3.76. The van der Waals surface area contributed by atoms with E-state index in [0.29, 0.717) is 0 Å². The minimum Gasteiger partial charge on any atom is -0.497 e. The third-order valence-corrected chi connectivity index (χ3v) is 4.99. The molecule has 1 saturated heterocycles. The number of aliphatic hydroxyl groups is 1. The number of hydrogen-bond acceptors (Lipinski definition) is 5. The second kappa shape index (κ2) is 8.21. The molecule has 0 saturated carbocycles. The van der Waals surface area contributed by atoms with E-state index in [1.54, 1.807) is 7.11 Å². The Morgan fingerprint density at radius 1 is 1.22 bits per heavy atom. The molecule has 0 unspecified atom stereocenters. The second-order valence-electron chi connectivity index (χ2n) is 6.40. The number of nitrogens with zero attached hydrogens (tertiary/aromatic N) is 2. The molecule has 6 heteroatoms. The number of carbonyl (C=O) groups excluding carboxylic acids is 1. The molecular weight excluding hydrogens is 344 g/mol. The van der Waals surface area contributed by atoms with E-state index in [1.807, 2.05) is 48.5 Å². The summed E-state index contributed by atoms with van der Waals surface area (Å²) in [4.78, 5) is 13.7. The minimum absolute atomic E-state index is 0.112. The second-order valence-corrected chi connectivity index (χ2v) is 6.40. The predicted molar refractivity (Wildman–Crippen MR) is 100 cm³/mol. The van der Waals surface area contributed by atoms with Crippen molar-refractivity contribution in [2.45, 2.75) is 18.0 Å². The van der Waals surface area contributed by atoms with E-state index in [0.717, 1.165) is 22.4 Å². The van der Waals surface area contributed by atoms with Gasteiger partial charge in [0.15, 0.2) is 0 Å². The molecule has 1 heterocycles. The van der Waals surface area contributed by atoms with E-state index in [4.69, 9.17) is 9.47 Å². The Morgan fingerprint density at radius 3 is 2.67 bits per heavy atom. The first-order chi connectivity index (χ1) is 13.2. The molecule has 0 radical (unpaired) electrons. The van der Waals surface area contributed by atoms with Crippen LogP contribution in [0.15, 0.2) is 48.5 Å². The van der Waals surface area contributed by atoms with E-state index in [-0.39, 0.29) is 25.0 Å². The first-order valence-electron chi connectivity index (χ1n) is 8.70. The van der Waals surface area contributed by atoms with Crippen LogP contribution in [0.3, 0.4) is 0 Å². The number of nitriles is 1. The Balaban J connectivity index is 2.01. The van der Waals surface area contributed by atoms with Gasteiger partial charge in [-0.1, -0.05) is 36.4 Å². The highest BCUT2D eigenvalue weighted by Crippen LogP contribution is 2.44. The number of aliphatic hydroxyl groups excluding tert-OH is 1. The average molecular weight is 366 g/mol. The van der Waals surface area contributed by atoms with Crippen molar-refractivity contribution in [3.05, 3.63) is 54.1 Å². The van der Waals surface area contributed by atoms with Gasteiger partial charge in [0.2, 0.25) is 5.91 Å². The molecule has 1 aliphatic rings. The van der Waals surface area contributed by atoms with Crippen LogP contribution in [0.4, 0.5) is 0 Å². The third kappa shape index (κ3) is 3.39. The summed E-state index contributed by atoms with van der Waals surface area (Å²) in [7, 11) is 3.05. The van der Waals surface area contributed by atoms with Crippen LogP contribution in [-0.2, 0) is 9.53 Å². The molecule has 0 bridgehead atoms. The SMILES string of the molecule is COCC(=O)N1[C@H](C#N)[C@H](c2ccccc2-c2cccc(OC)c2)[C@H]1CO. The summed E-state index contributed by atoms with van der Waals surface area (Å²) in [6.07, 6.45) is 0. The van der Waals surface area contributed by atoms with Crippen molar-refractivity contribution >= 4 is 5.91 Å². The van der Waals surface area contributed by atoms with Crippen LogP contribution in [-0.4, -0.2) is 55.4 Å².